The van der Waals surface area contributed by atoms with Gasteiger partial charge in [0.25, 0.3) is 5.91 Å². The van der Waals surface area contributed by atoms with Crippen LogP contribution in [0.15, 0.2) is 12.3 Å². The van der Waals surface area contributed by atoms with E-state index in [1.165, 1.54) is 12.3 Å². The maximum absolute atomic E-state index is 12.5. The second-order valence-corrected chi connectivity index (χ2v) is 4.74. The third-order valence-corrected chi connectivity index (χ3v) is 2.99. The van der Waals surface area contributed by atoms with E-state index < -0.39 is 18.6 Å². The minimum Gasteiger partial charge on any atom is -0.397 e. The number of carbonyl (C=O) groups excluding carboxylic acids is 1. The number of anilines is 1. The molecule has 4 nitrogen and oxygen atoms in total. The van der Waals surface area contributed by atoms with Gasteiger partial charge in [0.15, 0.2) is 0 Å². The number of rotatable bonds is 3. The van der Waals surface area contributed by atoms with Crippen molar-refractivity contribution in [2.75, 3.05) is 12.3 Å². The SMILES string of the molecule is Nc1cnc(Cl)c(C(=O)N(CC(F)(F)F)C2CC2)c1. The molecule has 19 heavy (non-hydrogen) atoms. The van der Waals surface area contributed by atoms with E-state index in [-0.39, 0.29) is 22.4 Å². The Morgan fingerprint density at radius 2 is 2.16 bits per heavy atom. The van der Waals surface area contributed by atoms with E-state index in [2.05, 4.69) is 4.98 Å². The highest BCUT2D eigenvalue weighted by molar-refractivity contribution is 6.32. The van der Waals surface area contributed by atoms with Gasteiger partial charge in [0.2, 0.25) is 0 Å². The highest BCUT2D eigenvalue weighted by atomic mass is 35.5. The summed E-state index contributed by atoms with van der Waals surface area (Å²) < 4.78 is 37.4. The Hall–Kier alpha value is -1.50. The number of nitrogens with zero attached hydrogens (tertiary/aromatic N) is 2. The zero-order chi connectivity index (χ0) is 14.2. The standard InChI is InChI=1S/C11H11ClF3N3O/c12-9-8(3-6(16)4-17-9)10(19)18(7-1-2-7)5-11(13,14)15/h3-4,7H,1-2,5,16H2. The second-order valence-electron chi connectivity index (χ2n) is 4.39. The van der Waals surface area contributed by atoms with Crippen LogP contribution in [0.25, 0.3) is 0 Å². The van der Waals surface area contributed by atoms with Crippen LogP contribution in [0.4, 0.5) is 18.9 Å². The molecule has 1 amide bonds. The lowest BCUT2D eigenvalue weighted by atomic mass is 10.2. The first-order valence-corrected chi connectivity index (χ1v) is 5.94. The summed E-state index contributed by atoms with van der Waals surface area (Å²) in [5.74, 6) is -0.787. The van der Waals surface area contributed by atoms with E-state index in [0.717, 1.165) is 4.90 Å². The van der Waals surface area contributed by atoms with Gasteiger partial charge in [-0.1, -0.05) is 11.6 Å². The summed E-state index contributed by atoms with van der Waals surface area (Å²) in [6.45, 7) is -1.29. The molecule has 2 N–H and O–H groups in total. The Kier molecular flexibility index (Phi) is 3.58. The molecule has 0 aromatic carbocycles. The summed E-state index contributed by atoms with van der Waals surface area (Å²) in [6.07, 6.45) is -2.08. The van der Waals surface area contributed by atoms with Crippen molar-refractivity contribution in [2.45, 2.75) is 25.1 Å². The summed E-state index contributed by atoms with van der Waals surface area (Å²) in [5.41, 5.74) is 5.55. The molecular weight excluding hydrogens is 283 g/mol. The van der Waals surface area contributed by atoms with Gasteiger partial charge in [-0.3, -0.25) is 4.79 Å². The molecule has 1 aromatic rings. The van der Waals surface area contributed by atoms with Gasteiger partial charge in [-0.25, -0.2) is 4.98 Å². The number of pyridine rings is 1. The molecule has 1 heterocycles. The first-order chi connectivity index (χ1) is 8.78. The van der Waals surface area contributed by atoms with E-state index in [1.807, 2.05) is 0 Å². The van der Waals surface area contributed by atoms with Gasteiger partial charge in [0.1, 0.15) is 11.7 Å². The fraction of sp³-hybridized carbons (Fsp3) is 0.455. The largest absolute Gasteiger partial charge is 0.406 e. The molecule has 8 heteroatoms. The molecule has 1 aliphatic rings. The van der Waals surface area contributed by atoms with Crippen molar-refractivity contribution >= 4 is 23.2 Å². The summed E-state index contributed by atoms with van der Waals surface area (Å²) in [5, 5.41) is -0.146. The Morgan fingerprint density at radius 1 is 1.53 bits per heavy atom. The van der Waals surface area contributed by atoms with Gasteiger partial charge in [-0.2, -0.15) is 13.2 Å². The maximum Gasteiger partial charge on any atom is 0.406 e. The highest BCUT2D eigenvalue weighted by Gasteiger charge is 2.41. The van der Waals surface area contributed by atoms with E-state index in [4.69, 9.17) is 17.3 Å². The van der Waals surface area contributed by atoms with Crippen LogP contribution in [0, 0.1) is 0 Å². The van der Waals surface area contributed by atoms with Crippen molar-refractivity contribution in [3.05, 3.63) is 23.0 Å². The van der Waals surface area contributed by atoms with Crippen molar-refractivity contribution in [1.82, 2.24) is 9.88 Å². The first-order valence-electron chi connectivity index (χ1n) is 5.56. The number of hydrogen-bond acceptors (Lipinski definition) is 3. The van der Waals surface area contributed by atoms with Crippen molar-refractivity contribution in [3.8, 4) is 0 Å². The topological polar surface area (TPSA) is 59.2 Å². The average Bonchev–Trinajstić information content (AvgIpc) is 3.11. The molecule has 1 aromatic heterocycles. The normalized spacial score (nSPS) is 15.4. The van der Waals surface area contributed by atoms with Crippen LogP contribution in [-0.4, -0.2) is 34.6 Å². The molecule has 0 saturated heterocycles. The molecule has 0 spiro atoms. The average molecular weight is 294 g/mol. The molecular formula is C11H11ClF3N3O. The van der Waals surface area contributed by atoms with Gasteiger partial charge in [0.05, 0.1) is 17.4 Å². The lowest BCUT2D eigenvalue weighted by Gasteiger charge is -2.24. The summed E-state index contributed by atoms with van der Waals surface area (Å²) in [4.78, 5) is 16.6. The van der Waals surface area contributed by atoms with Crippen LogP contribution in [0.2, 0.25) is 5.15 Å². The number of amides is 1. The lowest BCUT2D eigenvalue weighted by Crippen LogP contribution is -2.40. The fourth-order valence-corrected chi connectivity index (χ4v) is 1.90. The summed E-state index contributed by atoms with van der Waals surface area (Å²) >= 11 is 5.74. The number of aromatic nitrogens is 1. The monoisotopic (exact) mass is 293 g/mol. The number of alkyl halides is 3. The number of nitrogen functional groups attached to an aromatic ring is 1. The second kappa shape index (κ2) is 4.88. The minimum absolute atomic E-state index is 0.0992. The van der Waals surface area contributed by atoms with Crippen molar-refractivity contribution in [3.63, 3.8) is 0 Å². The fourth-order valence-electron chi connectivity index (χ4n) is 1.72. The molecule has 104 valence electrons. The van der Waals surface area contributed by atoms with E-state index in [1.54, 1.807) is 0 Å². The van der Waals surface area contributed by atoms with Gasteiger partial charge >= 0.3 is 6.18 Å². The third-order valence-electron chi connectivity index (χ3n) is 2.69. The highest BCUT2D eigenvalue weighted by Crippen LogP contribution is 2.32. The van der Waals surface area contributed by atoms with Gasteiger partial charge in [-0.05, 0) is 18.9 Å². The Labute approximate surface area is 112 Å². The van der Waals surface area contributed by atoms with Crippen molar-refractivity contribution in [1.29, 1.82) is 0 Å². The number of carbonyl (C=O) groups is 1. The summed E-state index contributed by atoms with van der Waals surface area (Å²) in [6, 6.07) is 0.857. The Bertz CT molecular complexity index is 502. The zero-order valence-electron chi connectivity index (χ0n) is 9.75. The molecule has 1 aliphatic carbocycles. The Balaban J connectivity index is 2.26. The molecule has 2 rings (SSSR count). The van der Waals surface area contributed by atoms with Gasteiger partial charge in [0, 0.05) is 6.04 Å². The van der Waals surface area contributed by atoms with E-state index in [9.17, 15) is 18.0 Å². The van der Waals surface area contributed by atoms with Crippen LogP contribution in [0.5, 0.6) is 0 Å². The zero-order valence-corrected chi connectivity index (χ0v) is 10.5. The quantitative estimate of drug-likeness (QED) is 0.871. The maximum atomic E-state index is 12.5. The molecule has 0 atom stereocenters. The van der Waals surface area contributed by atoms with Crippen LogP contribution >= 0.6 is 11.6 Å². The van der Waals surface area contributed by atoms with Gasteiger partial charge < -0.3 is 10.6 Å². The predicted molar refractivity (Wildman–Crippen MR) is 63.8 cm³/mol. The van der Waals surface area contributed by atoms with E-state index >= 15 is 0 Å². The number of hydrogen-bond donors (Lipinski definition) is 1. The van der Waals surface area contributed by atoms with Crippen LogP contribution in [-0.2, 0) is 0 Å². The van der Waals surface area contributed by atoms with Crippen molar-refractivity contribution in [2.24, 2.45) is 0 Å². The van der Waals surface area contributed by atoms with Crippen molar-refractivity contribution < 1.29 is 18.0 Å². The number of halogens is 4. The molecule has 1 fully saturated rings. The third kappa shape index (κ3) is 3.50. The molecule has 0 bridgehead atoms. The van der Waals surface area contributed by atoms with Crippen LogP contribution < -0.4 is 5.73 Å². The molecule has 0 aliphatic heterocycles. The minimum atomic E-state index is -4.45. The molecule has 0 radical (unpaired) electrons. The molecule has 1 saturated carbocycles. The Morgan fingerprint density at radius 3 is 2.68 bits per heavy atom. The number of nitrogens with two attached hydrogens (primary N) is 1. The lowest BCUT2D eigenvalue weighted by molar-refractivity contribution is -0.141. The van der Waals surface area contributed by atoms with Crippen LogP contribution in [0.3, 0.4) is 0 Å². The summed E-state index contributed by atoms with van der Waals surface area (Å²) in [7, 11) is 0. The molecule has 0 unspecified atom stereocenters. The van der Waals surface area contributed by atoms with Crippen LogP contribution in [0.1, 0.15) is 23.2 Å². The van der Waals surface area contributed by atoms with E-state index in [0.29, 0.717) is 12.8 Å². The van der Waals surface area contributed by atoms with Gasteiger partial charge in [-0.15, -0.1) is 0 Å². The smallest absolute Gasteiger partial charge is 0.397 e. The first kappa shape index (κ1) is 13.9. The predicted octanol–water partition coefficient (Wildman–Crippen LogP) is 2.48.